The van der Waals surface area contributed by atoms with Crippen LogP contribution in [0.5, 0.6) is 5.75 Å². The van der Waals surface area contributed by atoms with Gasteiger partial charge in [-0.15, -0.1) is 0 Å². The molecule has 2 aromatic rings. The normalized spacial score (nSPS) is 15.2. The monoisotopic (exact) mass is 492 g/mol. The van der Waals surface area contributed by atoms with Crippen LogP contribution in [0.15, 0.2) is 22.8 Å². The fourth-order valence-corrected chi connectivity index (χ4v) is 3.45. The maximum atomic E-state index is 14.1. The van der Waals surface area contributed by atoms with Gasteiger partial charge in [-0.3, -0.25) is 4.79 Å². The predicted molar refractivity (Wildman–Crippen MR) is 112 cm³/mol. The maximum Gasteiger partial charge on any atom is 0.280 e. The Morgan fingerprint density at radius 1 is 1.00 bits per heavy atom. The Kier molecular flexibility index (Phi) is 6.80. The number of carbonyl (C=O) groups excluding carboxylic acids is 1. The minimum atomic E-state index is -2.34. The molecule has 0 fully saturated rings. The van der Waals surface area contributed by atoms with Crippen LogP contribution in [-0.2, 0) is 4.79 Å². The smallest absolute Gasteiger partial charge is 0.280 e. The number of rotatable bonds is 5. The summed E-state index contributed by atoms with van der Waals surface area (Å²) in [5, 5.41) is 4.10. The number of halogens is 7. The van der Waals surface area contributed by atoms with E-state index >= 15 is 0 Å². The van der Waals surface area contributed by atoms with Gasteiger partial charge in [0.05, 0.1) is 27.9 Å². The van der Waals surface area contributed by atoms with Crippen molar-refractivity contribution in [1.29, 1.82) is 0 Å². The number of amides is 1. The van der Waals surface area contributed by atoms with Gasteiger partial charge in [0, 0.05) is 0 Å². The predicted octanol–water partition coefficient (Wildman–Crippen LogP) is 6.53. The van der Waals surface area contributed by atoms with Crippen LogP contribution in [0.25, 0.3) is 6.08 Å². The number of hydrogen-bond acceptors (Lipinski definition) is 3. The Balaban J connectivity index is 2.00. The van der Waals surface area contributed by atoms with Gasteiger partial charge in [-0.05, 0) is 36.6 Å². The lowest BCUT2D eigenvalue weighted by molar-refractivity contribution is -0.114. The summed E-state index contributed by atoms with van der Waals surface area (Å²) >= 11 is 12.4. The van der Waals surface area contributed by atoms with E-state index in [1.165, 1.54) is 25.1 Å². The lowest BCUT2D eigenvalue weighted by Gasteiger charge is -2.15. The van der Waals surface area contributed by atoms with Crippen molar-refractivity contribution in [3.8, 4) is 5.75 Å². The molecular formula is C21H15Cl2F5N2O2. The topological polar surface area (TPSA) is 41.9 Å². The molecule has 1 amide bonds. The number of hydrogen-bond donors (Lipinski definition) is 0. The molecule has 32 heavy (non-hydrogen) atoms. The quantitative estimate of drug-likeness (QED) is 0.206. The van der Waals surface area contributed by atoms with Gasteiger partial charge in [0.2, 0.25) is 5.82 Å². The fraction of sp³-hybridized carbons (Fsp3) is 0.238. The van der Waals surface area contributed by atoms with E-state index in [9.17, 15) is 26.7 Å². The van der Waals surface area contributed by atoms with E-state index < -0.39 is 40.7 Å². The van der Waals surface area contributed by atoms with Gasteiger partial charge in [-0.2, -0.15) is 10.1 Å². The minimum Gasteiger partial charge on any atom is -0.490 e. The van der Waals surface area contributed by atoms with Crippen molar-refractivity contribution in [2.24, 2.45) is 11.0 Å². The fourth-order valence-electron chi connectivity index (χ4n) is 2.83. The summed E-state index contributed by atoms with van der Waals surface area (Å²) in [7, 11) is 0. The maximum absolute atomic E-state index is 14.1. The van der Waals surface area contributed by atoms with Gasteiger partial charge in [0.1, 0.15) is 5.69 Å². The van der Waals surface area contributed by atoms with E-state index in [0.29, 0.717) is 12.2 Å². The summed E-state index contributed by atoms with van der Waals surface area (Å²) < 4.78 is 74.3. The summed E-state index contributed by atoms with van der Waals surface area (Å²) in [6.07, 6.45) is 1.27. The first kappa shape index (κ1) is 24.0. The van der Waals surface area contributed by atoms with Gasteiger partial charge in [0.15, 0.2) is 29.0 Å². The molecule has 0 N–H and O–H groups in total. The van der Waals surface area contributed by atoms with Gasteiger partial charge in [-0.25, -0.2) is 22.0 Å². The van der Waals surface area contributed by atoms with E-state index in [1.807, 2.05) is 13.8 Å². The first-order valence-corrected chi connectivity index (χ1v) is 9.94. The highest BCUT2D eigenvalue weighted by Gasteiger charge is 2.37. The molecule has 2 aromatic carbocycles. The molecule has 0 atom stereocenters. The molecule has 4 nitrogen and oxygen atoms in total. The number of carbonyl (C=O) groups is 1. The lowest BCUT2D eigenvalue weighted by atomic mass is 10.1. The number of nitrogens with zero attached hydrogens (tertiary/aromatic N) is 2. The average Bonchev–Trinajstić information content (AvgIpc) is 2.98. The standard InChI is InChI=1S/C21H15Cl2F5N2O2/c1-8(2)7-32-20-12(22)5-10(6-13(20)23)4-11-9(3)29-30(21(11)31)19-17(27)15(25)14(24)16(26)18(19)28/h4-6,8H,7H2,1-3H3/b11-4+. The second kappa shape index (κ2) is 9.07. The molecule has 0 saturated carbocycles. The van der Waals surface area contributed by atoms with E-state index in [4.69, 9.17) is 27.9 Å². The molecule has 1 aliphatic rings. The SMILES string of the molecule is CC1=NN(c2c(F)c(F)c(F)c(F)c2F)C(=O)/C1=C/c1cc(Cl)c(OCC(C)C)c(Cl)c1. The molecule has 1 heterocycles. The zero-order valence-electron chi connectivity index (χ0n) is 16.9. The molecule has 3 rings (SSSR count). The summed E-state index contributed by atoms with van der Waals surface area (Å²) in [5.41, 5.74) is -1.32. The minimum absolute atomic E-state index is 0.0219. The molecule has 0 aliphatic carbocycles. The van der Waals surface area contributed by atoms with Crippen molar-refractivity contribution in [3.05, 3.63) is 62.4 Å². The van der Waals surface area contributed by atoms with Gasteiger partial charge in [-0.1, -0.05) is 37.0 Å². The first-order chi connectivity index (χ1) is 14.9. The van der Waals surface area contributed by atoms with Crippen molar-refractivity contribution >= 4 is 46.6 Å². The van der Waals surface area contributed by atoms with E-state index in [1.54, 1.807) is 0 Å². The molecule has 0 unspecified atom stereocenters. The third-order valence-electron chi connectivity index (χ3n) is 4.35. The highest BCUT2D eigenvalue weighted by molar-refractivity contribution is 6.37. The van der Waals surface area contributed by atoms with Gasteiger partial charge >= 0.3 is 0 Å². The first-order valence-electron chi connectivity index (χ1n) is 9.19. The molecule has 11 heteroatoms. The van der Waals surface area contributed by atoms with Crippen molar-refractivity contribution in [2.75, 3.05) is 11.6 Å². The molecule has 0 bridgehead atoms. The number of ether oxygens (including phenoxy) is 1. The van der Waals surface area contributed by atoms with Crippen LogP contribution >= 0.6 is 23.2 Å². The molecule has 0 spiro atoms. The number of benzene rings is 2. The highest BCUT2D eigenvalue weighted by atomic mass is 35.5. The van der Waals surface area contributed by atoms with Crippen molar-refractivity contribution in [1.82, 2.24) is 0 Å². The second-order valence-electron chi connectivity index (χ2n) is 7.30. The summed E-state index contributed by atoms with van der Waals surface area (Å²) in [6.45, 7) is 5.56. The lowest BCUT2D eigenvalue weighted by Crippen LogP contribution is -2.25. The van der Waals surface area contributed by atoms with Crippen LogP contribution in [0.3, 0.4) is 0 Å². The number of hydrazone groups is 1. The molecule has 170 valence electrons. The molecule has 0 saturated heterocycles. The van der Waals surface area contributed by atoms with Crippen LogP contribution in [0.1, 0.15) is 26.3 Å². The summed E-state index contributed by atoms with van der Waals surface area (Å²) in [5.74, 6) is -11.7. The van der Waals surface area contributed by atoms with E-state index in [0.717, 1.165) is 0 Å². The summed E-state index contributed by atoms with van der Waals surface area (Å²) in [6, 6.07) is 2.88. The second-order valence-corrected chi connectivity index (χ2v) is 8.11. The van der Waals surface area contributed by atoms with Crippen LogP contribution < -0.4 is 9.75 Å². The molecule has 0 radical (unpaired) electrons. The van der Waals surface area contributed by atoms with Gasteiger partial charge in [0.25, 0.3) is 5.91 Å². The van der Waals surface area contributed by atoms with Crippen molar-refractivity contribution < 1.29 is 31.5 Å². The largest absolute Gasteiger partial charge is 0.490 e. The van der Waals surface area contributed by atoms with Crippen LogP contribution in [0, 0.1) is 35.0 Å². The third-order valence-corrected chi connectivity index (χ3v) is 4.92. The Morgan fingerprint density at radius 3 is 2.00 bits per heavy atom. The zero-order chi connectivity index (χ0) is 23.9. The Hall–Kier alpha value is -2.65. The summed E-state index contributed by atoms with van der Waals surface area (Å²) in [4.78, 5) is 12.7. The van der Waals surface area contributed by atoms with Crippen LogP contribution in [0.4, 0.5) is 27.6 Å². The molecule has 1 aliphatic heterocycles. The molecular weight excluding hydrogens is 478 g/mol. The van der Waals surface area contributed by atoms with Crippen molar-refractivity contribution in [3.63, 3.8) is 0 Å². The Bertz CT molecular complexity index is 1130. The van der Waals surface area contributed by atoms with E-state index in [-0.39, 0.29) is 38.0 Å². The zero-order valence-corrected chi connectivity index (χ0v) is 18.4. The Morgan fingerprint density at radius 2 is 1.50 bits per heavy atom. The van der Waals surface area contributed by atoms with Crippen molar-refractivity contribution in [2.45, 2.75) is 20.8 Å². The Labute approximate surface area is 189 Å². The number of anilines is 1. The van der Waals surface area contributed by atoms with E-state index in [2.05, 4.69) is 5.10 Å². The average molecular weight is 493 g/mol. The van der Waals surface area contributed by atoms with Crippen LogP contribution in [0.2, 0.25) is 10.0 Å². The molecule has 0 aromatic heterocycles. The van der Waals surface area contributed by atoms with Gasteiger partial charge < -0.3 is 4.74 Å². The third kappa shape index (κ3) is 4.31. The van der Waals surface area contributed by atoms with Crippen LogP contribution in [-0.4, -0.2) is 18.2 Å². The highest BCUT2D eigenvalue weighted by Crippen LogP contribution is 2.37.